The lowest BCUT2D eigenvalue weighted by Gasteiger charge is -2.34. The van der Waals surface area contributed by atoms with E-state index in [0.29, 0.717) is 10.6 Å². The van der Waals surface area contributed by atoms with Crippen LogP contribution in [0.1, 0.15) is 84.8 Å². The number of thiophene rings is 1. The van der Waals surface area contributed by atoms with E-state index in [4.69, 9.17) is 10.5 Å². The molecular weight excluding hydrogens is 704 g/mol. The van der Waals surface area contributed by atoms with Crippen LogP contribution in [0.2, 0.25) is 0 Å². The van der Waals surface area contributed by atoms with Crippen LogP contribution in [0.4, 0.5) is 26.7 Å². The molecule has 4 aromatic rings. The van der Waals surface area contributed by atoms with Crippen LogP contribution in [0.5, 0.6) is 0 Å². The van der Waals surface area contributed by atoms with Gasteiger partial charge in [-0.05, 0) is 93.8 Å². The Morgan fingerprint density at radius 2 is 1.70 bits per heavy atom. The van der Waals surface area contributed by atoms with Crippen molar-refractivity contribution in [2.24, 2.45) is 5.73 Å². The molecule has 0 spiro atoms. The molecule has 0 bridgehead atoms. The van der Waals surface area contributed by atoms with E-state index >= 15 is 8.78 Å². The van der Waals surface area contributed by atoms with Crippen molar-refractivity contribution >= 4 is 44.2 Å². The lowest BCUT2D eigenvalue weighted by Crippen LogP contribution is -2.47. The summed E-state index contributed by atoms with van der Waals surface area (Å²) in [5, 5.41) is -5.31. The van der Waals surface area contributed by atoms with Crippen molar-refractivity contribution < 1.29 is 44.7 Å². The SMILES string of the molecule is C[C@@H](CCc1cc(-n2cnc3ccc(C(F)(F)S(=O)(=O)C4CCN(C(=O)OC(C)(C)C)CC4)cc32)sc1C(N)=O)c1ccccc1C(F)(F)F. The van der Waals surface area contributed by atoms with Gasteiger partial charge in [-0.25, -0.2) is 18.2 Å². The minimum atomic E-state index is -5.06. The molecule has 0 radical (unpaired) electrons. The van der Waals surface area contributed by atoms with Crippen molar-refractivity contribution in [3.05, 3.63) is 82.0 Å². The summed E-state index contributed by atoms with van der Waals surface area (Å²) in [7, 11) is -5.06. The molecule has 50 heavy (non-hydrogen) atoms. The molecule has 16 heteroatoms. The Morgan fingerprint density at radius 1 is 1.04 bits per heavy atom. The largest absolute Gasteiger partial charge is 0.444 e. The van der Waals surface area contributed by atoms with E-state index in [2.05, 4.69) is 4.98 Å². The van der Waals surface area contributed by atoms with Gasteiger partial charge >= 0.3 is 17.5 Å². The van der Waals surface area contributed by atoms with Crippen molar-refractivity contribution in [3.63, 3.8) is 0 Å². The number of carbonyl (C=O) groups is 2. The van der Waals surface area contributed by atoms with E-state index in [1.165, 1.54) is 40.1 Å². The number of aryl methyl sites for hydroxylation is 1. The average molecular weight is 741 g/mol. The minimum absolute atomic E-state index is 0.0583. The van der Waals surface area contributed by atoms with Crippen molar-refractivity contribution in [3.8, 4) is 5.00 Å². The summed E-state index contributed by atoms with van der Waals surface area (Å²) in [6.45, 7) is 6.60. The number of halogens is 5. The van der Waals surface area contributed by atoms with Gasteiger partial charge in [0.05, 0.1) is 26.7 Å². The van der Waals surface area contributed by atoms with E-state index in [1.807, 2.05) is 0 Å². The van der Waals surface area contributed by atoms with Crippen LogP contribution in [0.25, 0.3) is 16.0 Å². The second kappa shape index (κ2) is 13.6. The quantitative estimate of drug-likeness (QED) is 0.175. The fourth-order valence-corrected chi connectivity index (χ4v) is 8.81. The number of ether oxygens (including phenoxy) is 1. The number of fused-ring (bicyclic) bond motifs is 1. The van der Waals surface area contributed by atoms with Gasteiger partial charge in [0, 0.05) is 18.7 Å². The number of benzene rings is 2. The number of rotatable bonds is 9. The third kappa shape index (κ3) is 7.50. The van der Waals surface area contributed by atoms with Crippen LogP contribution in [0.3, 0.4) is 0 Å². The second-order valence-electron chi connectivity index (χ2n) is 13.4. The lowest BCUT2D eigenvalue weighted by atomic mass is 9.90. The molecule has 2 amide bonds. The highest BCUT2D eigenvalue weighted by Crippen LogP contribution is 2.41. The van der Waals surface area contributed by atoms with Gasteiger partial charge in [-0.1, -0.05) is 25.1 Å². The summed E-state index contributed by atoms with van der Waals surface area (Å²) in [6.07, 6.45) is -3.76. The number of carbonyl (C=O) groups excluding carboxylic acids is 2. The number of alkyl halides is 5. The summed E-state index contributed by atoms with van der Waals surface area (Å²) >= 11 is 0.963. The van der Waals surface area contributed by atoms with Crippen molar-refractivity contribution in [2.75, 3.05) is 13.1 Å². The fraction of sp³-hybridized carbons (Fsp3) is 0.441. The molecule has 1 atom stereocenters. The summed E-state index contributed by atoms with van der Waals surface area (Å²) in [6, 6.07) is 10.2. The number of likely N-dealkylation sites (tertiary alicyclic amines) is 1. The maximum absolute atomic E-state index is 15.9. The fourth-order valence-electron chi connectivity index (χ4n) is 6.05. The third-order valence-corrected chi connectivity index (χ3v) is 12.2. The Labute approximate surface area is 290 Å². The van der Waals surface area contributed by atoms with E-state index < -0.39 is 61.2 Å². The molecule has 9 nitrogen and oxygen atoms in total. The zero-order valence-corrected chi connectivity index (χ0v) is 29.4. The number of amides is 2. The van der Waals surface area contributed by atoms with Gasteiger partial charge in [0.1, 0.15) is 16.9 Å². The number of sulfone groups is 1. The molecule has 2 aromatic heterocycles. The Hall–Kier alpha value is -4.05. The molecule has 0 aliphatic carbocycles. The number of hydrogen-bond donors (Lipinski definition) is 1. The van der Waals surface area contributed by atoms with Gasteiger partial charge < -0.3 is 15.4 Å². The second-order valence-corrected chi connectivity index (χ2v) is 16.7. The summed E-state index contributed by atoms with van der Waals surface area (Å²) in [4.78, 5) is 30.5. The van der Waals surface area contributed by atoms with Crippen LogP contribution >= 0.6 is 11.3 Å². The van der Waals surface area contributed by atoms with Crippen LogP contribution in [-0.4, -0.2) is 58.8 Å². The number of piperidine rings is 1. The predicted molar refractivity (Wildman–Crippen MR) is 179 cm³/mol. The van der Waals surface area contributed by atoms with Crippen molar-refractivity contribution in [2.45, 2.75) is 81.6 Å². The Balaban J connectivity index is 1.38. The molecule has 5 rings (SSSR count). The van der Waals surface area contributed by atoms with Gasteiger partial charge in [-0.15, -0.1) is 11.3 Å². The highest BCUT2D eigenvalue weighted by molar-refractivity contribution is 7.92. The first-order valence-corrected chi connectivity index (χ1v) is 18.2. The van der Waals surface area contributed by atoms with E-state index in [0.717, 1.165) is 29.5 Å². The molecule has 2 N–H and O–H groups in total. The smallest absolute Gasteiger partial charge is 0.416 e. The first-order valence-electron chi connectivity index (χ1n) is 15.9. The monoisotopic (exact) mass is 740 g/mol. The first kappa shape index (κ1) is 37.2. The molecule has 0 saturated carbocycles. The van der Waals surface area contributed by atoms with Gasteiger partial charge in [0.15, 0.2) is 0 Å². The number of imidazole rings is 1. The molecule has 3 heterocycles. The number of aromatic nitrogens is 2. The molecule has 1 aliphatic heterocycles. The average Bonchev–Trinajstić information content (AvgIpc) is 3.66. The van der Waals surface area contributed by atoms with Gasteiger partial charge in [-0.2, -0.15) is 22.0 Å². The predicted octanol–water partition coefficient (Wildman–Crippen LogP) is 7.80. The maximum atomic E-state index is 15.9. The highest BCUT2D eigenvalue weighted by atomic mass is 32.2. The third-order valence-electron chi connectivity index (χ3n) is 8.67. The zero-order valence-electron chi connectivity index (χ0n) is 27.8. The van der Waals surface area contributed by atoms with Gasteiger partial charge in [0.25, 0.3) is 5.91 Å². The van der Waals surface area contributed by atoms with Gasteiger partial charge in [0.2, 0.25) is 9.84 Å². The number of primary amides is 1. The van der Waals surface area contributed by atoms with E-state index in [9.17, 15) is 31.2 Å². The first-order chi connectivity index (χ1) is 23.2. The minimum Gasteiger partial charge on any atom is -0.444 e. The van der Waals surface area contributed by atoms with Crippen molar-refractivity contribution in [1.29, 1.82) is 0 Å². The molecular formula is C34H37F5N4O5S2. The number of hydrogen-bond acceptors (Lipinski definition) is 7. The zero-order chi connectivity index (χ0) is 36.8. The van der Waals surface area contributed by atoms with Crippen LogP contribution in [-0.2, 0) is 32.4 Å². The molecule has 0 unspecified atom stereocenters. The summed E-state index contributed by atoms with van der Waals surface area (Å²) in [5.74, 6) is -1.29. The van der Waals surface area contributed by atoms with E-state index in [1.54, 1.807) is 33.8 Å². The molecule has 1 aliphatic rings. The maximum Gasteiger partial charge on any atom is 0.416 e. The number of nitrogens with two attached hydrogens (primary N) is 1. The van der Waals surface area contributed by atoms with Crippen LogP contribution in [0, 0.1) is 0 Å². The topological polar surface area (TPSA) is 125 Å². The highest BCUT2D eigenvalue weighted by Gasteiger charge is 2.52. The Morgan fingerprint density at radius 3 is 2.32 bits per heavy atom. The standard InChI is InChI=1S/C34H37F5N4O5S2/c1-20(24-7-5-6-8-25(24)33(35,36)37)9-10-21-17-28(49-29(21)30(40)44)43-19-41-26-12-11-22(18-27(26)43)34(38,39)50(46,47)23-13-15-42(16-14-23)31(45)48-32(2,3)4/h5-8,11-12,17-20,23H,9-10,13-16H2,1-4H3,(H2,40,44)/t20-/m0/s1. The van der Waals surface area contributed by atoms with Crippen LogP contribution in [0.15, 0.2) is 54.9 Å². The molecule has 2 aromatic carbocycles. The Kier molecular flexibility index (Phi) is 10.1. The van der Waals surface area contributed by atoms with Gasteiger partial charge in [-0.3, -0.25) is 9.36 Å². The molecule has 1 saturated heterocycles. The molecule has 1 fully saturated rings. The lowest BCUT2D eigenvalue weighted by molar-refractivity contribution is -0.138. The van der Waals surface area contributed by atoms with E-state index in [-0.39, 0.29) is 60.2 Å². The molecule has 270 valence electrons. The summed E-state index contributed by atoms with van der Waals surface area (Å²) in [5.41, 5.74) is 4.38. The number of nitrogens with zero attached hydrogens (tertiary/aromatic N) is 3. The normalized spacial score (nSPS) is 15.7. The summed E-state index contributed by atoms with van der Waals surface area (Å²) < 4.78 is 106. The van der Waals surface area contributed by atoms with Crippen molar-refractivity contribution in [1.82, 2.24) is 14.5 Å². The Bertz CT molecular complexity index is 2010. The van der Waals surface area contributed by atoms with Crippen LogP contribution < -0.4 is 5.73 Å².